The maximum atomic E-state index is 14.1. The first kappa shape index (κ1) is 21.4. The van der Waals surface area contributed by atoms with Crippen LogP contribution < -0.4 is 0 Å². The number of hydrogen-bond acceptors (Lipinski definition) is 5. The molecule has 0 bridgehead atoms. The van der Waals surface area contributed by atoms with Crippen molar-refractivity contribution in [2.45, 2.75) is 19.6 Å². The first-order chi connectivity index (χ1) is 14.7. The third kappa shape index (κ3) is 4.47. The van der Waals surface area contributed by atoms with E-state index in [2.05, 4.69) is 15.0 Å². The van der Waals surface area contributed by atoms with Crippen LogP contribution in [-0.4, -0.2) is 56.7 Å². The van der Waals surface area contributed by atoms with Crippen molar-refractivity contribution in [3.05, 3.63) is 63.6 Å². The van der Waals surface area contributed by atoms with Gasteiger partial charge in [-0.1, -0.05) is 12.1 Å². The summed E-state index contributed by atoms with van der Waals surface area (Å²) in [5.74, 6) is -1.62. The van der Waals surface area contributed by atoms with Crippen LogP contribution in [0.4, 0.5) is 17.6 Å². The first-order valence-electron chi connectivity index (χ1n) is 9.57. The molecule has 11 heteroatoms. The zero-order chi connectivity index (χ0) is 22.2. The summed E-state index contributed by atoms with van der Waals surface area (Å²) >= 11 is 1.56. The Kier molecular flexibility index (Phi) is 5.80. The minimum Gasteiger partial charge on any atom is -0.336 e. The number of amides is 1. The molecule has 3 heterocycles. The Bertz CT molecular complexity index is 1090. The number of thiazole rings is 1. The fourth-order valence-electron chi connectivity index (χ4n) is 3.57. The molecular formula is C20H19F4N5OS. The smallest absolute Gasteiger partial charge is 0.336 e. The van der Waals surface area contributed by atoms with E-state index >= 15 is 0 Å². The molecule has 0 aliphatic carbocycles. The molecule has 2 aromatic heterocycles. The van der Waals surface area contributed by atoms with Crippen LogP contribution in [0.1, 0.15) is 26.8 Å². The molecule has 0 saturated carbocycles. The number of carbonyl (C=O) groups is 1. The Balaban J connectivity index is 1.53. The fraction of sp³-hybridized carbons (Fsp3) is 0.350. The first-order valence-corrected chi connectivity index (χ1v) is 10.4. The number of aryl methyl sites for hydroxylation is 1. The van der Waals surface area contributed by atoms with Crippen molar-refractivity contribution in [1.82, 2.24) is 24.6 Å². The van der Waals surface area contributed by atoms with Gasteiger partial charge in [-0.15, -0.1) is 11.3 Å². The number of para-hydroxylation sites is 1. The number of piperazine rings is 1. The molecule has 0 N–H and O–H groups in total. The van der Waals surface area contributed by atoms with Gasteiger partial charge in [0.25, 0.3) is 5.91 Å². The molecule has 1 amide bonds. The third-order valence-electron chi connectivity index (χ3n) is 5.06. The Hall–Kier alpha value is -2.79. The topological polar surface area (TPSA) is 54.3 Å². The van der Waals surface area contributed by atoms with Crippen molar-refractivity contribution in [3.8, 4) is 5.69 Å². The molecule has 0 atom stereocenters. The molecule has 0 unspecified atom stereocenters. The van der Waals surface area contributed by atoms with Crippen molar-refractivity contribution in [2.75, 3.05) is 26.2 Å². The summed E-state index contributed by atoms with van der Waals surface area (Å²) in [6.07, 6.45) is -4.02. The van der Waals surface area contributed by atoms with Crippen LogP contribution in [0.3, 0.4) is 0 Å². The van der Waals surface area contributed by atoms with Crippen LogP contribution in [0, 0.1) is 12.7 Å². The molecule has 3 aromatic rings. The lowest BCUT2D eigenvalue weighted by molar-refractivity contribution is -0.143. The van der Waals surface area contributed by atoms with E-state index in [-0.39, 0.29) is 18.8 Å². The second kappa shape index (κ2) is 8.39. The van der Waals surface area contributed by atoms with E-state index < -0.39 is 29.2 Å². The van der Waals surface area contributed by atoms with Crippen molar-refractivity contribution >= 4 is 17.2 Å². The fourth-order valence-corrected chi connectivity index (χ4v) is 4.18. The molecule has 1 saturated heterocycles. The molecule has 1 fully saturated rings. The maximum Gasteiger partial charge on any atom is 0.434 e. The van der Waals surface area contributed by atoms with Gasteiger partial charge in [-0.2, -0.15) is 18.3 Å². The molecule has 0 spiro atoms. The number of aromatic nitrogens is 3. The molecule has 4 rings (SSSR count). The summed E-state index contributed by atoms with van der Waals surface area (Å²) in [6.45, 7) is 4.15. The average Bonchev–Trinajstić information content (AvgIpc) is 3.34. The van der Waals surface area contributed by atoms with Crippen molar-refractivity contribution in [3.63, 3.8) is 0 Å². The van der Waals surface area contributed by atoms with E-state index in [0.29, 0.717) is 24.3 Å². The van der Waals surface area contributed by atoms with Crippen LogP contribution in [0.25, 0.3) is 5.69 Å². The van der Waals surface area contributed by atoms with E-state index in [1.54, 1.807) is 11.3 Å². The number of nitrogens with zero attached hydrogens (tertiary/aromatic N) is 5. The Morgan fingerprint density at radius 1 is 1.16 bits per heavy atom. The third-order valence-corrected chi connectivity index (χ3v) is 5.88. The van der Waals surface area contributed by atoms with E-state index in [0.717, 1.165) is 23.0 Å². The van der Waals surface area contributed by atoms with E-state index in [9.17, 15) is 22.4 Å². The highest BCUT2D eigenvalue weighted by molar-refractivity contribution is 7.09. The van der Waals surface area contributed by atoms with Gasteiger partial charge >= 0.3 is 6.18 Å². The molecule has 0 radical (unpaired) electrons. The lowest BCUT2D eigenvalue weighted by Crippen LogP contribution is -2.48. The number of halogens is 4. The Morgan fingerprint density at radius 2 is 1.87 bits per heavy atom. The van der Waals surface area contributed by atoms with Gasteiger partial charge < -0.3 is 4.90 Å². The second-order valence-electron chi connectivity index (χ2n) is 7.19. The van der Waals surface area contributed by atoms with Gasteiger partial charge in [-0.05, 0) is 19.1 Å². The van der Waals surface area contributed by atoms with Crippen LogP contribution in [-0.2, 0) is 12.7 Å². The predicted molar refractivity (Wildman–Crippen MR) is 107 cm³/mol. The van der Waals surface area contributed by atoms with Gasteiger partial charge in [-0.3, -0.25) is 9.69 Å². The van der Waals surface area contributed by atoms with Crippen LogP contribution in [0.2, 0.25) is 0 Å². The molecule has 31 heavy (non-hydrogen) atoms. The molecule has 1 aliphatic heterocycles. The van der Waals surface area contributed by atoms with Gasteiger partial charge in [0.1, 0.15) is 11.5 Å². The van der Waals surface area contributed by atoms with Crippen molar-refractivity contribution in [2.24, 2.45) is 0 Å². The number of carbonyl (C=O) groups excluding carboxylic acids is 1. The molecule has 164 valence electrons. The van der Waals surface area contributed by atoms with Gasteiger partial charge in [0.2, 0.25) is 0 Å². The molecular weight excluding hydrogens is 434 g/mol. The van der Waals surface area contributed by atoms with Crippen molar-refractivity contribution in [1.29, 1.82) is 0 Å². The van der Waals surface area contributed by atoms with Gasteiger partial charge in [0.15, 0.2) is 5.69 Å². The SMILES string of the molecule is Cc1nc(CN2CCN(C(=O)c3cnn(-c4ccccc4F)c3C(F)(F)F)CC2)cs1. The van der Waals surface area contributed by atoms with Crippen LogP contribution >= 0.6 is 11.3 Å². The average molecular weight is 453 g/mol. The number of alkyl halides is 3. The summed E-state index contributed by atoms with van der Waals surface area (Å²) in [6, 6.07) is 5.01. The number of benzene rings is 1. The van der Waals surface area contributed by atoms with Crippen LogP contribution in [0.15, 0.2) is 35.8 Å². The number of rotatable bonds is 4. The quantitative estimate of drug-likeness (QED) is 0.565. The highest BCUT2D eigenvalue weighted by Crippen LogP contribution is 2.34. The van der Waals surface area contributed by atoms with E-state index in [1.807, 2.05) is 12.3 Å². The zero-order valence-corrected chi connectivity index (χ0v) is 17.4. The highest BCUT2D eigenvalue weighted by atomic mass is 32.1. The van der Waals surface area contributed by atoms with Gasteiger partial charge in [-0.25, -0.2) is 14.1 Å². The summed E-state index contributed by atoms with van der Waals surface area (Å²) in [5, 5.41) is 6.63. The van der Waals surface area contributed by atoms with Gasteiger partial charge in [0.05, 0.1) is 22.5 Å². The summed E-state index contributed by atoms with van der Waals surface area (Å²) in [5.41, 5.74) is -1.28. The lowest BCUT2D eigenvalue weighted by atomic mass is 10.1. The molecule has 6 nitrogen and oxygen atoms in total. The minimum atomic E-state index is -4.88. The lowest BCUT2D eigenvalue weighted by Gasteiger charge is -2.34. The minimum absolute atomic E-state index is 0.282. The van der Waals surface area contributed by atoms with E-state index in [4.69, 9.17) is 0 Å². The van der Waals surface area contributed by atoms with E-state index in [1.165, 1.54) is 23.1 Å². The van der Waals surface area contributed by atoms with Gasteiger partial charge in [0, 0.05) is 38.1 Å². The van der Waals surface area contributed by atoms with Crippen molar-refractivity contribution < 1.29 is 22.4 Å². The monoisotopic (exact) mass is 453 g/mol. The second-order valence-corrected chi connectivity index (χ2v) is 8.26. The predicted octanol–water partition coefficient (Wildman–Crippen LogP) is 3.75. The Labute approximate surface area is 179 Å². The standard InChI is InChI=1S/C20H19F4N5OS/c1-13-26-14(12-31-13)11-27-6-8-28(9-7-27)19(30)15-10-25-29(18(15)20(22,23)24)17-5-3-2-4-16(17)21/h2-5,10,12H,6-9,11H2,1H3. The maximum absolute atomic E-state index is 14.1. The zero-order valence-electron chi connectivity index (χ0n) is 16.6. The Morgan fingerprint density at radius 3 is 2.48 bits per heavy atom. The molecule has 1 aromatic carbocycles. The molecule has 1 aliphatic rings. The summed E-state index contributed by atoms with van der Waals surface area (Å²) in [4.78, 5) is 20.8. The highest BCUT2D eigenvalue weighted by Gasteiger charge is 2.42. The number of hydrogen-bond donors (Lipinski definition) is 0. The van der Waals surface area contributed by atoms with Crippen LogP contribution in [0.5, 0.6) is 0 Å². The normalized spacial score (nSPS) is 15.5. The summed E-state index contributed by atoms with van der Waals surface area (Å²) < 4.78 is 56.0. The largest absolute Gasteiger partial charge is 0.434 e. The summed E-state index contributed by atoms with van der Waals surface area (Å²) in [7, 11) is 0.